The van der Waals surface area contributed by atoms with Crippen molar-refractivity contribution in [3.8, 4) is 12.3 Å². The molecule has 0 fully saturated rings. The van der Waals surface area contributed by atoms with Crippen LogP contribution in [0.4, 0.5) is 0 Å². The molecule has 0 aromatic heterocycles. The Labute approximate surface area is 55.5 Å². The Morgan fingerprint density at radius 1 is 1.89 bits per heavy atom. The van der Waals surface area contributed by atoms with Gasteiger partial charge in [-0.05, 0) is 6.92 Å². The molecule has 9 heavy (non-hydrogen) atoms. The van der Waals surface area contributed by atoms with Gasteiger partial charge in [-0.1, -0.05) is 12.0 Å². The summed E-state index contributed by atoms with van der Waals surface area (Å²) < 4.78 is 0. The Balaban J connectivity index is 2.64. The summed E-state index contributed by atoms with van der Waals surface area (Å²) in [6.07, 6.45) is 9.87. The van der Waals surface area contributed by atoms with Crippen LogP contribution in [0, 0.1) is 18.3 Å². The summed E-state index contributed by atoms with van der Waals surface area (Å²) in [5.41, 5.74) is 1.13. The van der Waals surface area contributed by atoms with E-state index in [0.717, 1.165) is 12.1 Å². The lowest BCUT2D eigenvalue weighted by Crippen LogP contribution is -2.03. The van der Waals surface area contributed by atoms with Crippen molar-refractivity contribution in [1.82, 2.24) is 0 Å². The molecule has 0 spiro atoms. The van der Waals surface area contributed by atoms with Gasteiger partial charge in [-0.15, -0.1) is 6.42 Å². The smallest absolute Gasteiger partial charge is 0.0449 e. The Hall–Kier alpha value is -1.03. The lowest BCUT2D eigenvalue weighted by molar-refractivity contribution is 0.872. The van der Waals surface area contributed by atoms with E-state index in [1.54, 1.807) is 6.20 Å². The monoisotopic (exact) mass is 119 g/mol. The Morgan fingerprint density at radius 3 is 3.11 bits per heavy atom. The van der Waals surface area contributed by atoms with Crippen LogP contribution in [-0.2, 0) is 0 Å². The zero-order valence-electron chi connectivity index (χ0n) is 5.46. The third-order valence-electron chi connectivity index (χ3n) is 1.34. The van der Waals surface area contributed by atoms with Gasteiger partial charge in [-0.2, -0.15) is 0 Å². The van der Waals surface area contributed by atoms with Gasteiger partial charge >= 0.3 is 0 Å². The highest BCUT2D eigenvalue weighted by Gasteiger charge is 2.04. The van der Waals surface area contributed by atoms with Crippen molar-refractivity contribution in [2.24, 2.45) is 10.9 Å². The predicted molar refractivity (Wildman–Crippen MR) is 39.2 cm³/mol. The zero-order valence-corrected chi connectivity index (χ0v) is 5.46. The van der Waals surface area contributed by atoms with Gasteiger partial charge in [0.25, 0.3) is 0 Å². The van der Waals surface area contributed by atoms with Crippen LogP contribution >= 0.6 is 0 Å². The van der Waals surface area contributed by atoms with E-state index in [1.807, 2.05) is 13.0 Å². The van der Waals surface area contributed by atoms with Crippen LogP contribution in [0.5, 0.6) is 0 Å². The number of allylic oxidation sites excluding steroid dienone is 1. The molecular weight excluding hydrogens is 110 g/mol. The molecule has 0 aromatic rings. The van der Waals surface area contributed by atoms with Crippen molar-refractivity contribution < 1.29 is 0 Å². The van der Waals surface area contributed by atoms with Gasteiger partial charge in [0.2, 0.25) is 0 Å². The molecule has 1 aliphatic rings. The van der Waals surface area contributed by atoms with E-state index in [-0.39, 0.29) is 5.92 Å². The zero-order chi connectivity index (χ0) is 6.69. The minimum absolute atomic E-state index is 0.280. The van der Waals surface area contributed by atoms with Crippen molar-refractivity contribution in [1.29, 1.82) is 0 Å². The number of hydrogen-bond donors (Lipinski definition) is 0. The second-order valence-electron chi connectivity index (χ2n) is 2.18. The van der Waals surface area contributed by atoms with Gasteiger partial charge in [0.05, 0.1) is 0 Å². The minimum atomic E-state index is 0.280. The summed E-state index contributed by atoms with van der Waals surface area (Å²) in [6, 6.07) is 0. The summed E-state index contributed by atoms with van der Waals surface area (Å²) in [7, 11) is 0. The third-order valence-corrected chi connectivity index (χ3v) is 1.34. The molecular formula is C8H9N. The SMILES string of the molecule is C#C[C@H]1C=CN=C(C)C1. The second kappa shape index (κ2) is 2.50. The first-order valence-corrected chi connectivity index (χ1v) is 2.99. The van der Waals surface area contributed by atoms with Crippen LogP contribution < -0.4 is 0 Å². The highest BCUT2D eigenvalue weighted by atomic mass is 14.7. The summed E-state index contributed by atoms with van der Waals surface area (Å²) >= 11 is 0. The molecule has 0 bridgehead atoms. The molecule has 0 aliphatic carbocycles. The molecule has 1 heteroatoms. The first-order valence-electron chi connectivity index (χ1n) is 2.99. The summed E-state index contributed by atoms with van der Waals surface area (Å²) in [6.45, 7) is 1.99. The summed E-state index contributed by atoms with van der Waals surface area (Å²) in [5.74, 6) is 2.95. The van der Waals surface area contributed by atoms with Gasteiger partial charge in [0.1, 0.15) is 0 Å². The van der Waals surface area contributed by atoms with Gasteiger partial charge in [0, 0.05) is 24.3 Å². The van der Waals surface area contributed by atoms with Gasteiger partial charge in [-0.3, -0.25) is 4.99 Å². The van der Waals surface area contributed by atoms with Crippen molar-refractivity contribution in [3.63, 3.8) is 0 Å². The molecule has 0 radical (unpaired) electrons. The fraction of sp³-hybridized carbons (Fsp3) is 0.375. The van der Waals surface area contributed by atoms with Crippen molar-refractivity contribution in [3.05, 3.63) is 12.3 Å². The molecule has 1 nitrogen and oxygen atoms in total. The molecule has 1 rings (SSSR count). The standard InChI is InChI=1S/C8H9N/c1-3-8-4-5-9-7(2)6-8/h1,4-5,8H,6H2,2H3/t8-/m0/s1. The van der Waals surface area contributed by atoms with Crippen LogP contribution in [0.3, 0.4) is 0 Å². The van der Waals surface area contributed by atoms with E-state index < -0.39 is 0 Å². The summed E-state index contributed by atoms with van der Waals surface area (Å²) in [4.78, 5) is 4.07. The maximum Gasteiger partial charge on any atom is 0.0449 e. The maximum atomic E-state index is 5.21. The largest absolute Gasteiger partial charge is 0.266 e. The van der Waals surface area contributed by atoms with Gasteiger partial charge in [-0.25, -0.2) is 0 Å². The topological polar surface area (TPSA) is 12.4 Å². The van der Waals surface area contributed by atoms with E-state index in [2.05, 4.69) is 10.9 Å². The molecule has 0 N–H and O–H groups in total. The molecule has 1 aliphatic heterocycles. The number of aliphatic imine (C=N–C) groups is 1. The van der Waals surface area contributed by atoms with E-state index in [9.17, 15) is 0 Å². The first-order chi connectivity index (χ1) is 4.33. The van der Waals surface area contributed by atoms with Gasteiger partial charge in [0.15, 0.2) is 0 Å². The van der Waals surface area contributed by atoms with Crippen LogP contribution in [-0.4, -0.2) is 5.71 Å². The van der Waals surface area contributed by atoms with Crippen LogP contribution in [0.25, 0.3) is 0 Å². The maximum absolute atomic E-state index is 5.21. The second-order valence-corrected chi connectivity index (χ2v) is 2.18. The molecule has 0 saturated heterocycles. The molecule has 1 atom stereocenters. The average Bonchev–Trinajstić information content (AvgIpc) is 1.88. The normalized spacial score (nSPS) is 24.9. The summed E-state index contributed by atoms with van der Waals surface area (Å²) in [5, 5.41) is 0. The fourth-order valence-electron chi connectivity index (χ4n) is 0.828. The Kier molecular flexibility index (Phi) is 1.69. The molecule has 0 saturated carbocycles. The number of nitrogens with zero attached hydrogens (tertiary/aromatic N) is 1. The van der Waals surface area contributed by atoms with Crippen molar-refractivity contribution >= 4 is 5.71 Å². The molecule has 46 valence electrons. The Morgan fingerprint density at radius 2 is 2.67 bits per heavy atom. The Bertz CT molecular complexity index is 193. The minimum Gasteiger partial charge on any atom is -0.266 e. The van der Waals surface area contributed by atoms with Crippen molar-refractivity contribution in [2.45, 2.75) is 13.3 Å². The van der Waals surface area contributed by atoms with E-state index >= 15 is 0 Å². The lowest BCUT2D eigenvalue weighted by atomic mass is 10.0. The van der Waals surface area contributed by atoms with Crippen LogP contribution in [0.2, 0.25) is 0 Å². The van der Waals surface area contributed by atoms with Crippen molar-refractivity contribution in [2.75, 3.05) is 0 Å². The van der Waals surface area contributed by atoms with E-state index in [0.29, 0.717) is 0 Å². The number of hydrogen-bond acceptors (Lipinski definition) is 1. The fourth-order valence-corrected chi connectivity index (χ4v) is 0.828. The molecule has 1 heterocycles. The third kappa shape index (κ3) is 1.43. The first kappa shape index (κ1) is 6.10. The van der Waals surface area contributed by atoms with E-state index in [1.165, 1.54) is 0 Å². The molecule has 0 aromatic carbocycles. The quantitative estimate of drug-likeness (QED) is 0.429. The van der Waals surface area contributed by atoms with E-state index in [4.69, 9.17) is 6.42 Å². The molecule has 0 amide bonds. The molecule has 0 unspecified atom stereocenters. The highest BCUT2D eigenvalue weighted by molar-refractivity contribution is 5.83. The van der Waals surface area contributed by atoms with Crippen LogP contribution in [0.1, 0.15) is 13.3 Å². The number of terminal acetylenes is 1. The number of rotatable bonds is 0. The predicted octanol–water partition coefficient (Wildman–Crippen LogP) is 1.61. The lowest BCUT2D eigenvalue weighted by Gasteiger charge is -2.07. The highest BCUT2D eigenvalue weighted by Crippen LogP contribution is 2.09. The van der Waals surface area contributed by atoms with Gasteiger partial charge < -0.3 is 0 Å². The van der Waals surface area contributed by atoms with Crippen LogP contribution in [0.15, 0.2) is 17.3 Å². The average molecular weight is 119 g/mol.